The summed E-state index contributed by atoms with van der Waals surface area (Å²) in [5.41, 5.74) is 25.5. The van der Waals surface area contributed by atoms with Crippen LogP contribution in [0.4, 0.5) is 34.1 Å². The molecule has 2 aliphatic heterocycles. The fourth-order valence-corrected chi connectivity index (χ4v) is 15.2. The summed E-state index contributed by atoms with van der Waals surface area (Å²) in [7, 11) is 0. The monoisotopic (exact) mass is 829 g/mol. The number of aryl methyl sites for hydroxylation is 1. The third kappa shape index (κ3) is 4.89. The van der Waals surface area contributed by atoms with Gasteiger partial charge in [0.1, 0.15) is 5.58 Å². The molecular formula is C59H65BN2O. The molecule has 7 aliphatic rings. The van der Waals surface area contributed by atoms with Crippen molar-refractivity contribution >= 4 is 68.4 Å². The van der Waals surface area contributed by atoms with E-state index in [1.807, 2.05) is 0 Å². The molecule has 5 aromatic carbocycles. The van der Waals surface area contributed by atoms with Gasteiger partial charge in [-0.05, 0) is 206 Å². The highest BCUT2D eigenvalue weighted by molar-refractivity contribution is 7.00. The Morgan fingerprint density at radius 2 is 1.06 bits per heavy atom. The molecule has 4 unspecified atom stereocenters. The molecule has 320 valence electrons. The molecule has 0 saturated heterocycles. The van der Waals surface area contributed by atoms with Gasteiger partial charge in [0.15, 0.2) is 0 Å². The van der Waals surface area contributed by atoms with E-state index in [1.54, 1.807) is 16.7 Å². The molecule has 5 aliphatic carbocycles. The topological polar surface area (TPSA) is 19.6 Å². The second-order valence-electron chi connectivity index (χ2n) is 25.4. The van der Waals surface area contributed by atoms with Crippen molar-refractivity contribution in [2.24, 2.45) is 0 Å². The minimum absolute atomic E-state index is 0.0408. The number of anilines is 6. The van der Waals surface area contributed by atoms with Gasteiger partial charge in [-0.2, -0.15) is 0 Å². The van der Waals surface area contributed by atoms with Gasteiger partial charge in [-0.15, -0.1) is 0 Å². The fourth-order valence-electron chi connectivity index (χ4n) is 15.2. The Morgan fingerprint density at radius 1 is 0.524 bits per heavy atom. The first-order valence-corrected chi connectivity index (χ1v) is 24.4. The number of nitrogens with zero attached hydrogens (tertiary/aromatic N) is 2. The lowest BCUT2D eigenvalue weighted by atomic mass is 9.35. The number of fused-ring (bicyclic) bond motifs is 17. The van der Waals surface area contributed by atoms with Gasteiger partial charge in [-0.3, -0.25) is 0 Å². The highest BCUT2D eigenvalue weighted by Crippen LogP contribution is 2.63. The van der Waals surface area contributed by atoms with Crippen LogP contribution in [-0.4, -0.2) is 6.71 Å². The van der Waals surface area contributed by atoms with Gasteiger partial charge in [0.05, 0.1) is 11.3 Å². The van der Waals surface area contributed by atoms with Crippen LogP contribution in [0.25, 0.3) is 11.0 Å². The zero-order valence-electron chi connectivity index (χ0n) is 40.0. The third-order valence-electron chi connectivity index (χ3n) is 18.8. The molecule has 0 amide bonds. The predicted octanol–water partition coefficient (Wildman–Crippen LogP) is 13.9. The molecule has 3 heterocycles. The molecule has 0 spiro atoms. The van der Waals surface area contributed by atoms with Crippen molar-refractivity contribution in [3.63, 3.8) is 0 Å². The predicted molar refractivity (Wildman–Crippen MR) is 266 cm³/mol. The Kier molecular flexibility index (Phi) is 7.11. The Morgan fingerprint density at radius 3 is 1.68 bits per heavy atom. The Labute approximate surface area is 376 Å². The zero-order chi connectivity index (χ0) is 43.8. The first-order valence-electron chi connectivity index (χ1n) is 24.4. The van der Waals surface area contributed by atoms with E-state index >= 15 is 0 Å². The molecule has 4 atom stereocenters. The Bertz CT molecular complexity index is 3050. The second kappa shape index (κ2) is 11.6. The maximum atomic E-state index is 7.64. The van der Waals surface area contributed by atoms with E-state index in [1.165, 1.54) is 130 Å². The van der Waals surface area contributed by atoms with Gasteiger partial charge in [0, 0.05) is 33.8 Å². The highest BCUT2D eigenvalue weighted by atomic mass is 16.3. The van der Waals surface area contributed by atoms with Crippen LogP contribution in [0.1, 0.15) is 172 Å². The van der Waals surface area contributed by atoms with E-state index in [2.05, 4.69) is 172 Å². The molecule has 6 aromatic rings. The SMILES string of the molecule is Cc1cc2c3c(c1)N(c1ccc4c(c1)C(C)(C)CCC4(C)C)c1c(oc4cc5c(cc14)C1(C)CCC5(C)C1)B3c1cc3c(cc1N2c1ccc(C(C)(C)C)cc1)C1(C)CCC3(C)C1. The molecule has 0 radical (unpaired) electrons. The van der Waals surface area contributed by atoms with Crippen LogP contribution in [0.5, 0.6) is 0 Å². The van der Waals surface area contributed by atoms with Crippen molar-refractivity contribution in [3.8, 4) is 0 Å². The van der Waals surface area contributed by atoms with Crippen LogP contribution in [-0.2, 0) is 37.9 Å². The molecule has 13 rings (SSSR count). The first-order chi connectivity index (χ1) is 29.6. The summed E-state index contributed by atoms with van der Waals surface area (Å²) in [5, 5.41) is 1.27. The summed E-state index contributed by atoms with van der Waals surface area (Å²) in [6.45, 7) is 29.2. The van der Waals surface area contributed by atoms with E-state index in [-0.39, 0.29) is 44.6 Å². The van der Waals surface area contributed by atoms with Crippen LogP contribution in [0.3, 0.4) is 0 Å². The molecular weight excluding hydrogens is 763 g/mol. The van der Waals surface area contributed by atoms with Gasteiger partial charge >= 0.3 is 0 Å². The third-order valence-corrected chi connectivity index (χ3v) is 18.8. The standard InChI is InChI=1S/C59H65BN2O/c1-34-25-47-50-48(26-34)62(37-17-18-39-40(27-37)55(7,8)20-19-54(39,5)6)51-38-28-41-44(59(12)24-21-56(41,9)32-59)31-49(38)63-52(51)60(50)45-29-42-43(58(11)23-22-57(42,10)33-58)30-46(45)61(47)36-15-13-35(14-16-36)53(2,3)4/h13-18,25-31H,19-24,32-33H2,1-12H3. The summed E-state index contributed by atoms with van der Waals surface area (Å²) in [6.07, 6.45) is 9.91. The largest absolute Gasteiger partial charge is 0.468 e. The lowest BCUT2D eigenvalue weighted by Crippen LogP contribution is -2.61. The average Bonchev–Trinajstić information content (AvgIpc) is 3.97. The number of hydrogen-bond acceptors (Lipinski definition) is 3. The van der Waals surface area contributed by atoms with Crippen molar-refractivity contribution < 1.29 is 4.42 Å². The minimum atomic E-state index is -0.0408. The number of benzene rings is 5. The second-order valence-corrected chi connectivity index (χ2v) is 25.4. The molecule has 4 heteroatoms. The molecule has 3 nitrogen and oxygen atoms in total. The van der Waals surface area contributed by atoms with Crippen LogP contribution < -0.4 is 26.4 Å². The smallest absolute Gasteiger partial charge is 0.297 e. The van der Waals surface area contributed by atoms with Crippen molar-refractivity contribution in [2.45, 2.75) is 172 Å². The summed E-state index contributed by atoms with van der Waals surface area (Å²) in [5.74, 6) is 0. The van der Waals surface area contributed by atoms with Gasteiger partial charge in [0.25, 0.3) is 6.71 Å². The lowest BCUT2D eigenvalue weighted by molar-refractivity contribution is 0.332. The number of furan rings is 1. The van der Waals surface area contributed by atoms with Crippen molar-refractivity contribution in [2.75, 3.05) is 9.80 Å². The first kappa shape index (κ1) is 38.7. The summed E-state index contributed by atoms with van der Waals surface area (Å²) < 4.78 is 7.64. The Hall–Kier alpha value is -4.70. The van der Waals surface area contributed by atoms with Crippen molar-refractivity contribution in [1.82, 2.24) is 0 Å². The van der Waals surface area contributed by atoms with Crippen LogP contribution >= 0.6 is 0 Å². The van der Waals surface area contributed by atoms with Crippen LogP contribution in [0, 0.1) is 6.92 Å². The molecule has 2 saturated carbocycles. The summed E-state index contributed by atoms with van der Waals surface area (Å²) >= 11 is 0. The van der Waals surface area contributed by atoms with Gasteiger partial charge in [-0.1, -0.05) is 100 Å². The van der Waals surface area contributed by atoms with E-state index in [9.17, 15) is 0 Å². The lowest BCUT2D eigenvalue weighted by Gasteiger charge is -2.45. The fraction of sp³-hybridized carbons (Fsp3) is 0.458. The van der Waals surface area contributed by atoms with E-state index < -0.39 is 0 Å². The van der Waals surface area contributed by atoms with Crippen LogP contribution in [0.2, 0.25) is 0 Å². The molecule has 1 aromatic heterocycles. The van der Waals surface area contributed by atoms with Crippen LogP contribution in [0.15, 0.2) is 83.3 Å². The van der Waals surface area contributed by atoms with E-state index in [0.29, 0.717) is 0 Å². The zero-order valence-corrected chi connectivity index (χ0v) is 40.0. The maximum Gasteiger partial charge on any atom is 0.297 e. The normalized spacial score (nSPS) is 28.5. The minimum Gasteiger partial charge on any atom is -0.468 e. The number of rotatable bonds is 2. The van der Waals surface area contributed by atoms with Crippen molar-refractivity contribution in [1.29, 1.82) is 0 Å². The quantitative estimate of drug-likeness (QED) is 0.162. The highest BCUT2D eigenvalue weighted by Gasteiger charge is 2.57. The molecule has 4 bridgehead atoms. The summed E-state index contributed by atoms with van der Waals surface area (Å²) in [6, 6.07) is 32.4. The molecule has 63 heavy (non-hydrogen) atoms. The molecule has 2 fully saturated rings. The van der Waals surface area contributed by atoms with Gasteiger partial charge in [-0.25, -0.2) is 0 Å². The van der Waals surface area contributed by atoms with E-state index in [0.717, 1.165) is 11.2 Å². The Balaban J connectivity index is 1.14. The summed E-state index contributed by atoms with van der Waals surface area (Å²) in [4.78, 5) is 5.30. The maximum absolute atomic E-state index is 7.64. The van der Waals surface area contributed by atoms with E-state index in [4.69, 9.17) is 4.42 Å². The average molecular weight is 829 g/mol. The van der Waals surface area contributed by atoms with Gasteiger partial charge < -0.3 is 14.2 Å². The van der Waals surface area contributed by atoms with Gasteiger partial charge in [0.2, 0.25) is 0 Å². The van der Waals surface area contributed by atoms with Crippen molar-refractivity contribution in [3.05, 3.63) is 123 Å². The number of hydrogen-bond donors (Lipinski definition) is 0. The molecule has 0 N–H and O–H groups in total.